The van der Waals surface area contributed by atoms with E-state index in [1.165, 1.54) is 0 Å². The minimum Gasteiger partial charge on any atom is -0.198 e. The molecule has 0 N–H and O–H groups in total. The summed E-state index contributed by atoms with van der Waals surface area (Å²) in [7, 11) is 0. The van der Waals surface area contributed by atoms with Crippen molar-refractivity contribution in [2.24, 2.45) is 0 Å². The van der Waals surface area contributed by atoms with Gasteiger partial charge in [-0.1, -0.05) is 0 Å². The number of hydrogen-bond donors (Lipinski definition) is 0. The van der Waals surface area contributed by atoms with E-state index in [4.69, 9.17) is 10.5 Å². The Morgan fingerprint density at radius 1 is 1.00 bits per heavy atom. The van der Waals surface area contributed by atoms with Gasteiger partial charge in [-0.25, -0.2) is 0 Å². The van der Waals surface area contributed by atoms with E-state index in [0.29, 0.717) is 12.8 Å². The zero-order chi connectivity index (χ0) is 6.24. The first-order chi connectivity index (χ1) is 3.91. The van der Waals surface area contributed by atoms with Crippen molar-refractivity contribution in [3.8, 4) is 12.1 Å². The molecule has 0 aromatic carbocycles. The van der Waals surface area contributed by atoms with Crippen molar-refractivity contribution >= 4 is 0 Å². The normalized spacial score (nSPS) is 7.25. The fraction of sp³-hybridized carbons (Fsp3) is 0.667. The van der Waals surface area contributed by atoms with E-state index in [2.05, 4.69) is 0 Å². The largest absolute Gasteiger partial charge is 0.198 e. The zero-order valence-corrected chi connectivity index (χ0v) is 4.72. The van der Waals surface area contributed by atoms with Gasteiger partial charge < -0.3 is 0 Å². The van der Waals surface area contributed by atoms with Crippen LogP contribution in [0.25, 0.3) is 0 Å². The summed E-state index contributed by atoms with van der Waals surface area (Å²) in [6.45, 7) is 0. The Morgan fingerprint density at radius 3 is 1.62 bits per heavy atom. The fourth-order valence-electron chi connectivity index (χ4n) is 0.408. The van der Waals surface area contributed by atoms with Crippen molar-refractivity contribution in [1.82, 2.24) is 0 Å². The van der Waals surface area contributed by atoms with Gasteiger partial charge in [0.15, 0.2) is 0 Å². The number of unbranched alkanes of at least 4 members (excludes halogenated alkanes) is 3. The summed E-state index contributed by atoms with van der Waals surface area (Å²) in [6, 6.07) is 4.03. The molecule has 0 aliphatic rings. The Kier molecular flexibility index (Phi) is 5.22. The van der Waals surface area contributed by atoms with Gasteiger partial charge in [0.05, 0.1) is 12.1 Å². The second kappa shape index (κ2) is 5.98. The lowest BCUT2D eigenvalue weighted by Crippen LogP contribution is -1.70. The maximum atomic E-state index is 8.03. The van der Waals surface area contributed by atoms with Crippen LogP contribution in [0.1, 0.15) is 27.1 Å². The molecule has 2 heteroatoms. The third-order valence-electron chi connectivity index (χ3n) is 0.827. The van der Waals surface area contributed by atoms with Crippen molar-refractivity contribution < 1.29 is 1.43 Å². The van der Waals surface area contributed by atoms with Crippen LogP contribution >= 0.6 is 0 Å². The van der Waals surface area contributed by atoms with Crippen LogP contribution in [-0.2, 0) is 0 Å². The second-order valence-corrected chi connectivity index (χ2v) is 1.52. The highest BCUT2D eigenvalue weighted by atomic mass is 14.2. The van der Waals surface area contributed by atoms with Crippen LogP contribution in [-0.4, -0.2) is 0 Å². The van der Waals surface area contributed by atoms with Crippen molar-refractivity contribution in [1.29, 1.82) is 10.5 Å². The standard InChI is InChI=1S/C6H8N2.H/c7-5-3-1-2-4-6-8;/h1-4H2;. The molecule has 0 bridgehead atoms. The molecule has 2 nitrogen and oxygen atoms in total. The molecule has 0 saturated carbocycles. The van der Waals surface area contributed by atoms with Crippen molar-refractivity contribution in [3.05, 3.63) is 0 Å². The molecular formula is C6H9N2. The quantitative estimate of drug-likeness (QED) is 0.518. The molecule has 8 heavy (non-hydrogen) atoms. The van der Waals surface area contributed by atoms with Crippen LogP contribution in [0.2, 0.25) is 0 Å². The molecule has 0 aromatic rings. The van der Waals surface area contributed by atoms with Crippen LogP contribution in [0.4, 0.5) is 0 Å². The average Bonchev–Trinajstić information content (AvgIpc) is 1.81. The monoisotopic (exact) mass is 109 g/mol. The Hall–Kier alpha value is -1.02. The van der Waals surface area contributed by atoms with E-state index in [0.717, 1.165) is 12.8 Å². The van der Waals surface area contributed by atoms with E-state index in [1.54, 1.807) is 0 Å². The molecule has 43 valence electrons. The minimum absolute atomic E-state index is 0. The number of nitrogens with zero attached hydrogens (tertiary/aromatic N) is 2. The lowest BCUT2D eigenvalue weighted by atomic mass is 10.2. The molecule has 1 radical (unpaired) electrons. The molecule has 0 atom stereocenters. The zero-order valence-electron chi connectivity index (χ0n) is 5.72. The van der Waals surface area contributed by atoms with E-state index in [-0.39, 0.29) is 1.43 Å². The van der Waals surface area contributed by atoms with Gasteiger partial charge in [0.2, 0.25) is 0 Å². The van der Waals surface area contributed by atoms with Gasteiger partial charge in [-0.05, 0) is 12.8 Å². The minimum atomic E-state index is 0. The molecule has 0 unspecified atom stereocenters. The summed E-state index contributed by atoms with van der Waals surface area (Å²) in [5, 5.41) is 16.1. The molecule has 0 rings (SSSR count). The highest BCUT2D eigenvalue weighted by Crippen LogP contribution is 1.95. The van der Waals surface area contributed by atoms with E-state index < -0.39 is 0 Å². The van der Waals surface area contributed by atoms with Crippen LogP contribution in [0, 0.1) is 22.7 Å². The third kappa shape index (κ3) is 4.98. The summed E-state index contributed by atoms with van der Waals surface area (Å²) in [4.78, 5) is 0. The topological polar surface area (TPSA) is 47.6 Å². The molecule has 0 spiro atoms. The molecule has 0 fully saturated rings. The first kappa shape index (κ1) is 6.98. The van der Waals surface area contributed by atoms with Gasteiger partial charge in [0.1, 0.15) is 0 Å². The Labute approximate surface area is 50.8 Å². The van der Waals surface area contributed by atoms with E-state index in [1.807, 2.05) is 12.1 Å². The Balaban J connectivity index is 0. The number of rotatable bonds is 3. The van der Waals surface area contributed by atoms with Gasteiger partial charge >= 0.3 is 0 Å². The number of hydrogen-bond acceptors (Lipinski definition) is 2. The molecule has 0 amide bonds. The van der Waals surface area contributed by atoms with E-state index in [9.17, 15) is 0 Å². The lowest BCUT2D eigenvalue weighted by molar-refractivity contribution is 0.773. The highest BCUT2D eigenvalue weighted by molar-refractivity contribution is 4.72. The van der Waals surface area contributed by atoms with Gasteiger partial charge in [0.25, 0.3) is 0 Å². The van der Waals surface area contributed by atoms with Crippen LogP contribution in [0.5, 0.6) is 0 Å². The predicted octanol–water partition coefficient (Wildman–Crippen LogP) is 1.71. The maximum absolute atomic E-state index is 8.03. The first-order valence-corrected chi connectivity index (χ1v) is 2.65. The third-order valence-corrected chi connectivity index (χ3v) is 0.827. The van der Waals surface area contributed by atoms with Crippen molar-refractivity contribution in [2.45, 2.75) is 25.7 Å². The summed E-state index contributed by atoms with van der Waals surface area (Å²) >= 11 is 0. The van der Waals surface area contributed by atoms with Gasteiger partial charge in [-0.2, -0.15) is 10.5 Å². The summed E-state index contributed by atoms with van der Waals surface area (Å²) in [5.74, 6) is 0. The fourth-order valence-corrected chi connectivity index (χ4v) is 0.408. The summed E-state index contributed by atoms with van der Waals surface area (Å²) < 4.78 is 0. The van der Waals surface area contributed by atoms with Gasteiger partial charge in [-0.3, -0.25) is 0 Å². The van der Waals surface area contributed by atoms with Crippen LogP contribution < -0.4 is 0 Å². The van der Waals surface area contributed by atoms with Crippen molar-refractivity contribution in [2.75, 3.05) is 0 Å². The van der Waals surface area contributed by atoms with Crippen LogP contribution in [0.3, 0.4) is 0 Å². The smallest absolute Gasteiger partial charge is 0.0621 e. The van der Waals surface area contributed by atoms with Crippen LogP contribution in [0.15, 0.2) is 0 Å². The summed E-state index contributed by atoms with van der Waals surface area (Å²) in [5.41, 5.74) is 0. The molecule has 0 aliphatic carbocycles. The van der Waals surface area contributed by atoms with Crippen molar-refractivity contribution in [3.63, 3.8) is 0 Å². The second-order valence-electron chi connectivity index (χ2n) is 1.52. The SMILES string of the molecule is N#CCCCCC#N.[H]. The maximum Gasteiger partial charge on any atom is 0.0621 e. The van der Waals surface area contributed by atoms with Gasteiger partial charge in [0, 0.05) is 14.3 Å². The predicted molar refractivity (Wildman–Crippen MR) is 30.8 cm³/mol. The first-order valence-electron chi connectivity index (χ1n) is 2.65. The van der Waals surface area contributed by atoms with E-state index >= 15 is 0 Å². The Morgan fingerprint density at radius 2 is 1.38 bits per heavy atom. The molecular weight excluding hydrogens is 100 g/mol. The molecule has 0 saturated heterocycles. The molecule has 0 aromatic heterocycles. The van der Waals surface area contributed by atoms with Gasteiger partial charge in [-0.15, -0.1) is 0 Å². The molecule has 0 aliphatic heterocycles. The molecule has 0 heterocycles. The number of nitriles is 2. The highest BCUT2D eigenvalue weighted by Gasteiger charge is 1.83. The lowest BCUT2D eigenvalue weighted by Gasteiger charge is -1.83. The summed E-state index contributed by atoms with van der Waals surface area (Å²) in [6.07, 6.45) is 2.90. The Bertz CT molecular complexity index is 104. The average molecular weight is 109 g/mol.